The maximum atomic E-state index is 3.86. The first-order valence-corrected chi connectivity index (χ1v) is 11.9. The highest BCUT2D eigenvalue weighted by molar-refractivity contribution is 7.98. The van der Waals surface area contributed by atoms with Gasteiger partial charge in [0.05, 0.1) is 0 Å². The van der Waals surface area contributed by atoms with Crippen molar-refractivity contribution in [3.8, 4) is 0 Å². The van der Waals surface area contributed by atoms with Gasteiger partial charge in [0.15, 0.2) is 0 Å². The van der Waals surface area contributed by atoms with Gasteiger partial charge in [0.2, 0.25) is 0 Å². The summed E-state index contributed by atoms with van der Waals surface area (Å²) in [7, 11) is 0. The lowest BCUT2D eigenvalue weighted by Crippen LogP contribution is -1.83. The molecule has 0 aliphatic carbocycles. The van der Waals surface area contributed by atoms with Crippen LogP contribution in [-0.4, -0.2) is 0 Å². The Kier molecular flexibility index (Phi) is 6.78. The molecule has 0 amide bonds. The second-order valence-electron chi connectivity index (χ2n) is 7.14. The fourth-order valence-corrected chi connectivity index (χ4v) is 5.06. The van der Waals surface area contributed by atoms with Crippen molar-refractivity contribution in [3.05, 3.63) is 120 Å². The van der Waals surface area contributed by atoms with E-state index in [0.717, 1.165) is 17.1 Å². The molecule has 0 saturated heterocycles. The van der Waals surface area contributed by atoms with Crippen molar-refractivity contribution in [3.63, 3.8) is 0 Å². The third-order valence-corrected chi connectivity index (χ3v) is 7.13. The molecule has 2 heteroatoms. The smallest absolute Gasteiger partial charge is 0.0232 e. The highest BCUT2D eigenvalue weighted by atomic mass is 32.2. The summed E-state index contributed by atoms with van der Waals surface area (Å²) < 4.78 is 0. The minimum Gasteiger partial charge on any atom is -0.121 e. The van der Waals surface area contributed by atoms with Gasteiger partial charge >= 0.3 is 0 Å². The van der Waals surface area contributed by atoms with Crippen molar-refractivity contribution >= 4 is 46.4 Å². The monoisotopic (exact) mass is 424 g/mol. The van der Waals surface area contributed by atoms with Crippen LogP contribution in [0.3, 0.4) is 0 Å². The Morgan fingerprint density at radius 1 is 0.567 bits per heavy atom. The zero-order chi connectivity index (χ0) is 20.8. The lowest BCUT2D eigenvalue weighted by molar-refractivity contribution is 1.37. The number of thioether (sulfide) groups is 2. The highest BCUT2D eigenvalue weighted by Crippen LogP contribution is 2.30. The first kappa shape index (κ1) is 20.6. The van der Waals surface area contributed by atoms with Gasteiger partial charge in [-0.1, -0.05) is 86.0 Å². The summed E-state index contributed by atoms with van der Waals surface area (Å²) in [6, 6.07) is 30.7. The molecule has 0 bridgehead atoms. The molecule has 0 aliphatic rings. The van der Waals surface area contributed by atoms with Crippen LogP contribution < -0.4 is 0 Å². The standard InChI is InChI=1S/C28H24S2/c1-3-21-8-10-23(11-9-21)19-29-27-14-12-26-18-28(15-13-25(26)17-27)30-20-24-7-5-6-22(4-2)16-24/h3-18H,1-2,19-20H2. The summed E-state index contributed by atoms with van der Waals surface area (Å²) >= 11 is 3.75. The molecule has 4 aromatic carbocycles. The van der Waals surface area contributed by atoms with Gasteiger partial charge in [0.1, 0.15) is 0 Å². The van der Waals surface area contributed by atoms with Crippen molar-refractivity contribution in [1.29, 1.82) is 0 Å². The van der Waals surface area contributed by atoms with Crippen LogP contribution in [0.2, 0.25) is 0 Å². The molecule has 0 heterocycles. The zero-order valence-electron chi connectivity index (χ0n) is 16.9. The molecular weight excluding hydrogens is 400 g/mol. The van der Waals surface area contributed by atoms with Crippen LogP contribution >= 0.6 is 23.5 Å². The van der Waals surface area contributed by atoms with E-state index in [4.69, 9.17) is 0 Å². The van der Waals surface area contributed by atoms with Crippen LogP contribution in [0, 0.1) is 0 Å². The topological polar surface area (TPSA) is 0 Å². The molecule has 4 rings (SSSR count). The van der Waals surface area contributed by atoms with E-state index in [-0.39, 0.29) is 0 Å². The van der Waals surface area contributed by atoms with E-state index in [1.165, 1.54) is 37.3 Å². The van der Waals surface area contributed by atoms with E-state index in [9.17, 15) is 0 Å². The quantitative estimate of drug-likeness (QED) is 0.259. The maximum Gasteiger partial charge on any atom is 0.0232 e. The third kappa shape index (κ3) is 5.27. The minimum atomic E-state index is 0.964. The second-order valence-corrected chi connectivity index (χ2v) is 9.24. The van der Waals surface area contributed by atoms with Crippen LogP contribution in [0.15, 0.2) is 108 Å². The molecule has 0 aliphatic heterocycles. The largest absolute Gasteiger partial charge is 0.121 e. The van der Waals surface area contributed by atoms with E-state index < -0.39 is 0 Å². The summed E-state index contributed by atoms with van der Waals surface area (Å²) in [6.07, 6.45) is 3.78. The Morgan fingerprint density at radius 2 is 1.17 bits per heavy atom. The van der Waals surface area contributed by atoms with Gasteiger partial charge < -0.3 is 0 Å². The van der Waals surface area contributed by atoms with Crippen molar-refractivity contribution in [1.82, 2.24) is 0 Å². The van der Waals surface area contributed by atoms with Crippen LogP contribution in [0.25, 0.3) is 22.9 Å². The molecule has 148 valence electrons. The molecule has 0 N–H and O–H groups in total. The highest BCUT2D eigenvalue weighted by Gasteiger charge is 2.03. The lowest BCUT2D eigenvalue weighted by Gasteiger charge is -2.07. The lowest BCUT2D eigenvalue weighted by atomic mass is 10.1. The number of benzene rings is 4. The van der Waals surface area contributed by atoms with Gasteiger partial charge in [-0.15, -0.1) is 23.5 Å². The first-order chi connectivity index (χ1) is 14.7. The summed E-state index contributed by atoms with van der Waals surface area (Å²) in [6.45, 7) is 7.67. The Balaban J connectivity index is 1.41. The molecule has 0 radical (unpaired) electrons. The van der Waals surface area contributed by atoms with E-state index in [0.29, 0.717) is 0 Å². The number of hydrogen-bond acceptors (Lipinski definition) is 2. The fraction of sp³-hybridized carbons (Fsp3) is 0.0714. The van der Waals surface area contributed by atoms with Gasteiger partial charge in [-0.25, -0.2) is 0 Å². The van der Waals surface area contributed by atoms with E-state index in [1.807, 2.05) is 35.7 Å². The van der Waals surface area contributed by atoms with Crippen LogP contribution in [0.5, 0.6) is 0 Å². The normalized spacial score (nSPS) is 10.8. The molecule has 4 aromatic rings. The Morgan fingerprint density at radius 3 is 1.77 bits per heavy atom. The van der Waals surface area contributed by atoms with Crippen LogP contribution in [-0.2, 0) is 11.5 Å². The summed E-state index contributed by atoms with van der Waals surface area (Å²) in [4.78, 5) is 2.60. The predicted octanol–water partition coefficient (Wildman–Crippen LogP) is 8.71. The molecule has 0 unspecified atom stereocenters. The van der Waals surface area contributed by atoms with Gasteiger partial charge in [-0.2, -0.15) is 0 Å². The molecular formula is C28H24S2. The molecule has 0 fully saturated rings. The molecule has 0 aromatic heterocycles. The number of rotatable bonds is 8. The zero-order valence-corrected chi connectivity index (χ0v) is 18.5. The van der Waals surface area contributed by atoms with Gasteiger partial charge in [-0.3, -0.25) is 0 Å². The fourth-order valence-electron chi connectivity index (χ4n) is 3.27. The first-order valence-electron chi connectivity index (χ1n) is 9.96. The summed E-state index contributed by atoms with van der Waals surface area (Å²) in [5.41, 5.74) is 4.99. The number of hydrogen-bond donors (Lipinski definition) is 0. The average Bonchev–Trinajstić information content (AvgIpc) is 2.81. The van der Waals surface area contributed by atoms with Crippen molar-refractivity contribution in [2.75, 3.05) is 0 Å². The third-order valence-electron chi connectivity index (χ3n) is 5.00. The van der Waals surface area contributed by atoms with Crippen LogP contribution in [0.1, 0.15) is 22.3 Å². The molecule has 30 heavy (non-hydrogen) atoms. The molecule has 0 atom stereocenters. The van der Waals surface area contributed by atoms with Crippen LogP contribution in [0.4, 0.5) is 0 Å². The van der Waals surface area contributed by atoms with Gasteiger partial charge in [-0.05, 0) is 57.3 Å². The Labute approximate surface area is 187 Å². The van der Waals surface area contributed by atoms with Gasteiger partial charge in [0, 0.05) is 21.3 Å². The Bertz CT molecular complexity index is 1170. The molecule has 0 spiro atoms. The minimum absolute atomic E-state index is 0.964. The summed E-state index contributed by atoms with van der Waals surface area (Å²) in [5, 5.41) is 2.58. The molecule has 0 saturated carbocycles. The van der Waals surface area contributed by atoms with Crippen molar-refractivity contribution in [2.24, 2.45) is 0 Å². The van der Waals surface area contributed by atoms with Gasteiger partial charge in [0.25, 0.3) is 0 Å². The maximum absolute atomic E-state index is 3.86. The average molecular weight is 425 g/mol. The van der Waals surface area contributed by atoms with E-state index in [1.54, 1.807) is 0 Å². The SMILES string of the molecule is C=Cc1ccc(CSc2ccc3cc(SCc4cccc(C=C)c4)ccc3c2)cc1. The van der Waals surface area contributed by atoms with E-state index in [2.05, 4.69) is 98.1 Å². The molecule has 0 nitrogen and oxygen atoms in total. The van der Waals surface area contributed by atoms with Crippen molar-refractivity contribution < 1.29 is 0 Å². The number of fused-ring (bicyclic) bond motifs is 1. The Hall–Kier alpha value is -2.68. The van der Waals surface area contributed by atoms with Crippen molar-refractivity contribution in [2.45, 2.75) is 21.3 Å². The predicted molar refractivity (Wildman–Crippen MR) is 136 cm³/mol. The summed E-state index contributed by atoms with van der Waals surface area (Å²) in [5.74, 6) is 1.94. The van der Waals surface area contributed by atoms with E-state index >= 15 is 0 Å². The second kappa shape index (κ2) is 9.88.